The van der Waals surface area contributed by atoms with Crippen LogP contribution in [0.5, 0.6) is 0 Å². The van der Waals surface area contributed by atoms with Gasteiger partial charge in [0.1, 0.15) is 30.1 Å². The van der Waals surface area contributed by atoms with Crippen molar-refractivity contribution in [3.8, 4) is 6.07 Å². The molecule has 0 bridgehead atoms. The number of anilines is 1. The predicted octanol–water partition coefficient (Wildman–Crippen LogP) is 5.45. The van der Waals surface area contributed by atoms with Gasteiger partial charge >= 0.3 is 12.1 Å². The molecule has 0 N–H and O–H groups in total. The maximum absolute atomic E-state index is 14.7. The van der Waals surface area contributed by atoms with Crippen LogP contribution in [0.4, 0.5) is 24.5 Å². The van der Waals surface area contributed by atoms with E-state index in [1.807, 2.05) is 12.1 Å². The van der Waals surface area contributed by atoms with E-state index in [9.17, 15) is 33.2 Å². The van der Waals surface area contributed by atoms with Gasteiger partial charge < -0.3 is 9.94 Å². The fourth-order valence-corrected chi connectivity index (χ4v) is 5.23. The maximum atomic E-state index is 14.7. The largest absolute Gasteiger partial charge is 0.621 e. The minimum Gasteiger partial charge on any atom is -0.621 e. The molecule has 0 radical (unpaired) electrons. The summed E-state index contributed by atoms with van der Waals surface area (Å²) in [5.41, 5.74) is 0.710. The van der Waals surface area contributed by atoms with E-state index in [-0.39, 0.29) is 23.6 Å². The molecule has 2 heterocycles. The van der Waals surface area contributed by atoms with Crippen LogP contribution < -0.4 is 9.66 Å². The van der Waals surface area contributed by atoms with Crippen molar-refractivity contribution < 1.29 is 27.5 Å². The number of esters is 1. The van der Waals surface area contributed by atoms with E-state index in [1.165, 1.54) is 13.0 Å². The molecule has 5 rings (SSSR count). The number of likely N-dealkylation sites (N-methyl/N-ethyl adjacent to an activating group) is 1. The number of hydrazine groups is 1. The Labute approximate surface area is 252 Å². The Hall–Kier alpha value is -4.96. The number of amides is 1. The topological polar surface area (TPSA) is 99.9 Å². The summed E-state index contributed by atoms with van der Waals surface area (Å²) < 4.78 is 44.9. The summed E-state index contributed by atoms with van der Waals surface area (Å²) in [6.45, 7) is 0.471. The lowest BCUT2D eigenvalue weighted by atomic mass is 10.0. The van der Waals surface area contributed by atoms with Crippen LogP contribution in [-0.2, 0) is 27.1 Å². The van der Waals surface area contributed by atoms with Gasteiger partial charge in [0, 0.05) is 26.6 Å². The van der Waals surface area contributed by atoms with Gasteiger partial charge in [-0.1, -0.05) is 36.4 Å². The molecule has 0 saturated heterocycles. The Bertz CT molecular complexity index is 1680. The number of halogens is 3. The highest BCUT2D eigenvalue weighted by Crippen LogP contribution is 2.41. The monoisotopic (exact) mass is 603 g/mol. The predicted molar refractivity (Wildman–Crippen MR) is 156 cm³/mol. The SMILES string of the molecule is CC1=C(C2=CCN(C)N2c2ccc(C#N)cc2)C(=O)N(CC(=O)OCc2ccccc2)C[N+]1([O-])c1cccc(C(F)(F)F)c1. The number of alkyl halides is 3. The summed E-state index contributed by atoms with van der Waals surface area (Å²) in [7, 11) is 1.76. The molecule has 0 spiro atoms. The normalized spacial score (nSPS) is 19.2. The third-order valence-electron chi connectivity index (χ3n) is 7.54. The Balaban J connectivity index is 1.56. The molecule has 3 aromatic rings. The first-order chi connectivity index (χ1) is 20.9. The minimum absolute atomic E-state index is 0.0385. The molecule has 1 unspecified atom stereocenters. The van der Waals surface area contributed by atoms with Crippen LogP contribution in [0.25, 0.3) is 0 Å². The van der Waals surface area contributed by atoms with Crippen LogP contribution in [0.1, 0.15) is 23.6 Å². The zero-order valence-electron chi connectivity index (χ0n) is 23.9. The van der Waals surface area contributed by atoms with E-state index in [4.69, 9.17) is 4.74 Å². The second-order valence-corrected chi connectivity index (χ2v) is 10.4. The number of ether oxygens (including phenoxy) is 1. The molecule has 12 heteroatoms. The molecule has 0 saturated carbocycles. The number of carbonyl (C=O) groups is 2. The third kappa shape index (κ3) is 5.93. The summed E-state index contributed by atoms with van der Waals surface area (Å²) in [5.74, 6) is -1.42. The molecule has 1 amide bonds. The molecule has 2 aliphatic heterocycles. The molecule has 2 aliphatic rings. The summed E-state index contributed by atoms with van der Waals surface area (Å²) in [4.78, 5) is 28.0. The van der Waals surface area contributed by atoms with Crippen molar-refractivity contribution in [2.45, 2.75) is 19.7 Å². The molecule has 0 aliphatic carbocycles. The van der Waals surface area contributed by atoms with Crippen LogP contribution in [0, 0.1) is 16.5 Å². The number of allylic oxidation sites excluding steroid dienone is 1. The van der Waals surface area contributed by atoms with Crippen LogP contribution >= 0.6 is 0 Å². The number of hydroxylamine groups is 2. The highest BCUT2D eigenvalue weighted by Gasteiger charge is 2.45. The van der Waals surface area contributed by atoms with Crippen molar-refractivity contribution in [2.75, 3.05) is 31.8 Å². The summed E-state index contributed by atoms with van der Waals surface area (Å²) >= 11 is 0. The summed E-state index contributed by atoms with van der Waals surface area (Å²) in [5, 5.41) is 27.4. The van der Waals surface area contributed by atoms with Gasteiger partial charge in [0.2, 0.25) is 0 Å². The fourth-order valence-electron chi connectivity index (χ4n) is 5.23. The molecule has 44 heavy (non-hydrogen) atoms. The second kappa shape index (κ2) is 12.0. The highest BCUT2D eigenvalue weighted by atomic mass is 19.4. The second-order valence-electron chi connectivity index (χ2n) is 10.4. The number of nitriles is 1. The van der Waals surface area contributed by atoms with Crippen molar-refractivity contribution >= 4 is 23.3 Å². The Morgan fingerprint density at radius 2 is 1.77 bits per heavy atom. The van der Waals surface area contributed by atoms with Crippen molar-refractivity contribution in [1.82, 2.24) is 14.6 Å². The van der Waals surface area contributed by atoms with E-state index in [2.05, 4.69) is 0 Å². The van der Waals surface area contributed by atoms with Gasteiger partial charge in [-0.2, -0.15) is 18.4 Å². The number of benzene rings is 3. The first kappa shape index (κ1) is 30.5. The van der Waals surface area contributed by atoms with Crippen LogP contribution in [0.15, 0.2) is 102 Å². The lowest BCUT2D eigenvalue weighted by molar-refractivity contribution is -0.150. The average molecular weight is 604 g/mol. The fraction of sp³-hybridized carbons (Fsp3) is 0.219. The first-order valence-electron chi connectivity index (χ1n) is 13.6. The molecular formula is C32H28F3N5O4. The van der Waals surface area contributed by atoms with Gasteiger partial charge in [0.15, 0.2) is 6.67 Å². The zero-order valence-corrected chi connectivity index (χ0v) is 23.9. The van der Waals surface area contributed by atoms with Gasteiger partial charge in [-0.05, 0) is 48.0 Å². The number of quaternary nitrogens is 1. The van der Waals surface area contributed by atoms with Gasteiger partial charge in [-0.25, -0.2) is 5.01 Å². The Morgan fingerprint density at radius 3 is 2.43 bits per heavy atom. The smallest absolute Gasteiger partial charge is 0.416 e. The molecule has 0 fully saturated rings. The van der Waals surface area contributed by atoms with Crippen molar-refractivity contribution in [3.05, 3.63) is 124 Å². The molecule has 1 atom stereocenters. The van der Waals surface area contributed by atoms with Gasteiger partial charge in [-0.15, -0.1) is 0 Å². The number of hydrogen-bond acceptors (Lipinski definition) is 7. The summed E-state index contributed by atoms with van der Waals surface area (Å²) in [6, 6.07) is 21.6. The van der Waals surface area contributed by atoms with Crippen molar-refractivity contribution in [1.29, 1.82) is 5.26 Å². The van der Waals surface area contributed by atoms with Crippen molar-refractivity contribution in [3.63, 3.8) is 0 Å². The molecule has 0 aromatic heterocycles. The van der Waals surface area contributed by atoms with Crippen LogP contribution in [0.3, 0.4) is 0 Å². The maximum Gasteiger partial charge on any atom is 0.416 e. The molecular weight excluding hydrogens is 575 g/mol. The first-order valence-corrected chi connectivity index (χ1v) is 13.6. The van der Waals surface area contributed by atoms with E-state index in [0.717, 1.165) is 28.7 Å². The van der Waals surface area contributed by atoms with E-state index < -0.39 is 41.5 Å². The quantitative estimate of drug-likeness (QED) is 0.201. The van der Waals surface area contributed by atoms with E-state index in [0.29, 0.717) is 23.5 Å². The minimum atomic E-state index is -4.70. The van der Waals surface area contributed by atoms with E-state index >= 15 is 0 Å². The standard InChI is InChI=1S/C32H28F3N5O4/c1-22-30(28-15-16-37(2)39(28)26-13-11-23(18-36)12-14-26)31(42)38(19-29(41)44-20-24-7-4-3-5-8-24)21-40(22,43)27-10-6-9-25(17-27)32(33,34)35/h3-15,17H,16,19-21H2,1-2H3. The highest BCUT2D eigenvalue weighted by molar-refractivity contribution is 6.02. The van der Waals surface area contributed by atoms with E-state index in [1.54, 1.807) is 71.7 Å². The third-order valence-corrected chi connectivity index (χ3v) is 7.54. The Morgan fingerprint density at radius 1 is 1.07 bits per heavy atom. The lowest BCUT2D eigenvalue weighted by Crippen LogP contribution is -2.58. The van der Waals surface area contributed by atoms with Gasteiger partial charge in [-0.3, -0.25) is 24.1 Å². The Kier molecular flexibility index (Phi) is 8.29. The molecule has 3 aromatic carbocycles. The van der Waals surface area contributed by atoms with Gasteiger partial charge in [0.25, 0.3) is 5.91 Å². The van der Waals surface area contributed by atoms with Crippen molar-refractivity contribution in [2.24, 2.45) is 0 Å². The number of hydrogen-bond donors (Lipinski definition) is 0. The van der Waals surface area contributed by atoms with Gasteiger partial charge in [0.05, 0.1) is 28.6 Å². The average Bonchev–Trinajstić information content (AvgIpc) is 3.39. The van der Waals surface area contributed by atoms with Crippen LogP contribution in [-0.4, -0.2) is 48.6 Å². The number of carbonyl (C=O) groups excluding carboxylic acids is 2. The molecule has 226 valence electrons. The lowest BCUT2D eigenvalue weighted by Gasteiger charge is -2.49. The summed E-state index contributed by atoms with van der Waals surface area (Å²) in [6.07, 6.45) is -2.98. The molecule has 9 nitrogen and oxygen atoms in total. The number of rotatable bonds is 7. The van der Waals surface area contributed by atoms with Crippen LogP contribution in [0.2, 0.25) is 0 Å². The number of nitrogens with zero attached hydrogens (tertiary/aromatic N) is 5. The zero-order chi connectivity index (χ0) is 31.6.